The molecule has 0 radical (unpaired) electrons. The van der Waals surface area contributed by atoms with E-state index < -0.39 is 131 Å². The average Bonchev–Trinajstić information content (AvgIpc) is 3.61. The quantitative estimate of drug-likeness (QED) is 0.0244. The molecule has 0 aliphatic carbocycles. The maximum Gasteiger partial charge on any atom is 0.560 e. The van der Waals surface area contributed by atoms with E-state index in [0.717, 1.165) is 12.1 Å². The van der Waals surface area contributed by atoms with Crippen molar-refractivity contribution < 1.29 is 68.0 Å². The zero-order chi connectivity index (χ0) is 44.2. The third-order valence-electron chi connectivity index (χ3n) is 9.86. The number of hydrogen-bond donors (Lipinski definition) is 0. The first-order valence-electron chi connectivity index (χ1n) is 18.4. The second-order valence-corrected chi connectivity index (χ2v) is 18.0. The number of hydroxylamine groups is 4. The molecule has 2 aliphatic heterocycles. The molecular formula is C35H38F4N8O11S2. The minimum atomic E-state index is -4.55. The Morgan fingerprint density at radius 2 is 1.05 bits per heavy atom. The second-order valence-electron chi connectivity index (χ2n) is 13.9. The fraction of sp³-hybridized carbons (Fsp3) is 0.514. The van der Waals surface area contributed by atoms with Crippen LogP contribution in [0.1, 0.15) is 64.2 Å². The van der Waals surface area contributed by atoms with Crippen molar-refractivity contribution in [2.45, 2.75) is 74.0 Å². The molecule has 0 bridgehead atoms. The highest BCUT2D eigenvalue weighted by Gasteiger charge is 2.49. The van der Waals surface area contributed by atoms with Gasteiger partial charge in [-0.15, -0.1) is 0 Å². The van der Waals surface area contributed by atoms with E-state index in [1.807, 2.05) is 0 Å². The SMILES string of the molecule is [N-]=[N+]=NCCCCCC(CS(=O)(=O)c1ccc(F)cc1F)C1CC(=O)N(OC(=O)ON2C(=O)CC(C(CCCCCN=[N+]=[N-])CS(=O)(=O)c3ccc(F)cc3F)C2=O)C1=O. The molecule has 2 aromatic rings. The lowest BCUT2D eigenvalue weighted by Crippen LogP contribution is -2.40. The first kappa shape index (κ1) is 46.9. The number of hydrogen-bond acceptors (Lipinski definition) is 13. The number of nitrogens with zero attached hydrogens (tertiary/aromatic N) is 8. The predicted molar refractivity (Wildman–Crippen MR) is 196 cm³/mol. The van der Waals surface area contributed by atoms with Crippen LogP contribution in [0.4, 0.5) is 22.4 Å². The maximum atomic E-state index is 14.5. The first-order valence-corrected chi connectivity index (χ1v) is 21.7. The summed E-state index contributed by atoms with van der Waals surface area (Å²) in [6.45, 7) is 0.229. The lowest BCUT2D eigenvalue weighted by molar-refractivity contribution is -0.199. The number of imide groups is 2. The highest BCUT2D eigenvalue weighted by Crippen LogP contribution is 2.36. The number of halogens is 4. The van der Waals surface area contributed by atoms with E-state index in [4.69, 9.17) is 20.7 Å². The van der Waals surface area contributed by atoms with E-state index >= 15 is 0 Å². The van der Waals surface area contributed by atoms with Crippen LogP contribution in [0.15, 0.2) is 56.4 Å². The van der Waals surface area contributed by atoms with Gasteiger partial charge in [-0.2, -0.15) is 4.79 Å². The van der Waals surface area contributed by atoms with Gasteiger partial charge in [0.25, 0.3) is 23.6 Å². The molecule has 4 atom stereocenters. The van der Waals surface area contributed by atoms with Crippen molar-refractivity contribution in [3.63, 3.8) is 0 Å². The molecule has 0 spiro atoms. The second kappa shape index (κ2) is 21.0. The standard InChI is InChI=1S/C35H38F4N8O11S2/c36-23-9-11-29(27(38)15-23)59(53,54)19-21(7-3-1-5-13-42-44-40)25-17-31(48)46(33(25)50)57-35(52)58-47-32(49)18-26(34(47)51)22(8-4-2-6-14-43-45-41)20-60(55,56)30-12-10-24(37)16-28(30)39/h9-12,15-16,21-22,25-26H,1-8,13-14,17-20H2. The molecular weight excluding hydrogens is 849 g/mol. The number of benzene rings is 2. The molecule has 0 N–H and O–H groups in total. The first-order chi connectivity index (χ1) is 28.4. The minimum Gasteiger partial charge on any atom is -0.293 e. The zero-order valence-electron chi connectivity index (χ0n) is 31.6. The highest BCUT2D eigenvalue weighted by molar-refractivity contribution is 7.91. The number of amides is 4. The topological polar surface area (TPSA) is 276 Å². The third-order valence-corrected chi connectivity index (χ3v) is 13.6. The van der Waals surface area contributed by atoms with Gasteiger partial charge in [0.1, 0.15) is 33.1 Å². The van der Waals surface area contributed by atoms with Gasteiger partial charge >= 0.3 is 6.16 Å². The largest absolute Gasteiger partial charge is 0.560 e. The third kappa shape index (κ3) is 12.1. The van der Waals surface area contributed by atoms with Crippen molar-refractivity contribution in [1.29, 1.82) is 0 Å². The van der Waals surface area contributed by atoms with Crippen LogP contribution in [0.3, 0.4) is 0 Å². The fourth-order valence-corrected chi connectivity index (χ4v) is 10.5. The molecule has 0 aromatic heterocycles. The van der Waals surface area contributed by atoms with Crippen LogP contribution in [-0.4, -0.2) is 81.3 Å². The highest BCUT2D eigenvalue weighted by atomic mass is 32.2. The molecule has 4 unspecified atom stereocenters. The van der Waals surface area contributed by atoms with Crippen molar-refractivity contribution in [3.05, 3.63) is 80.6 Å². The van der Waals surface area contributed by atoms with E-state index in [1.165, 1.54) is 0 Å². The van der Waals surface area contributed by atoms with Crippen molar-refractivity contribution in [2.75, 3.05) is 24.6 Å². The summed E-state index contributed by atoms with van der Waals surface area (Å²) in [7, 11) is -9.11. The van der Waals surface area contributed by atoms with E-state index in [2.05, 4.69) is 20.1 Å². The Hall–Kier alpha value is -5.77. The number of carbonyl (C=O) groups excluding carboxylic acids is 5. The Morgan fingerprint density at radius 1 is 0.667 bits per heavy atom. The number of unbranched alkanes of at least 4 members (excludes halogenated alkanes) is 4. The smallest absolute Gasteiger partial charge is 0.293 e. The molecule has 25 heteroatoms. The maximum absolute atomic E-state index is 14.5. The Bertz CT molecular complexity index is 2150. The molecule has 2 aliphatic rings. The Balaban J connectivity index is 1.48. The number of rotatable bonds is 22. The van der Waals surface area contributed by atoms with Gasteiger partial charge in [0.05, 0.1) is 23.3 Å². The Morgan fingerprint density at radius 3 is 1.40 bits per heavy atom. The molecule has 4 rings (SSSR count). The zero-order valence-corrected chi connectivity index (χ0v) is 33.2. The summed E-state index contributed by atoms with van der Waals surface area (Å²) in [5.74, 6) is -16.7. The lowest BCUT2D eigenvalue weighted by atomic mass is 9.88. The molecule has 2 aromatic carbocycles. The van der Waals surface area contributed by atoms with Gasteiger partial charge in [0.15, 0.2) is 19.7 Å². The van der Waals surface area contributed by atoms with Crippen molar-refractivity contribution >= 4 is 49.5 Å². The van der Waals surface area contributed by atoms with Crippen molar-refractivity contribution in [2.24, 2.45) is 33.9 Å². The molecule has 19 nitrogen and oxygen atoms in total. The Kier molecular flexibility index (Phi) is 16.4. The van der Waals surface area contributed by atoms with Crippen LogP contribution in [-0.2, 0) is 48.5 Å². The van der Waals surface area contributed by atoms with Crippen molar-refractivity contribution in [3.8, 4) is 0 Å². The molecule has 0 saturated carbocycles. The summed E-state index contributed by atoms with van der Waals surface area (Å²) in [4.78, 5) is 79.0. The summed E-state index contributed by atoms with van der Waals surface area (Å²) < 4.78 is 109. The molecule has 2 saturated heterocycles. The van der Waals surface area contributed by atoms with Gasteiger partial charge in [-0.1, -0.05) is 46.0 Å². The predicted octanol–water partition coefficient (Wildman–Crippen LogP) is 6.20. The van der Waals surface area contributed by atoms with Crippen molar-refractivity contribution in [1.82, 2.24) is 10.1 Å². The molecule has 2 heterocycles. The van der Waals surface area contributed by atoms with Gasteiger partial charge in [0, 0.05) is 47.9 Å². The van der Waals surface area contributed by atoms with Gasteiger partial charge in [-0.25, -0.2) is 34.4 Å². The van der Waals surface area contributed by atoms with Gasteiger partial charge in [0.2, 0.25) is 0 Å². The van der Waals surface area contributed by atoms with Crippen LogP contribution in [0.5, 0.6) is 0 Å². The summed E-state index contributed by atoms with van der Waals surface area (Å²) in [6, 6.07) is 3.56. The molecule has 4 amide bonds. The summed E-state index contributed by atoms with van der Waals surface area (Å²) >= 11 is 0. The van der Waals surface area contributed by atoms with Crippen LogP contribution in [0.25, 0.3) is 20.9 Å². The summed E-state index contributed by atoms with van der Waals surface area (Å²) in [5, 5.41) is 6.70. The number of azide groups is 2. The fourth-order valence-electron chi connectivity index (χ4n) is 6.98. The summed E-state index contributed by atoms with van der Waals surface area (Å²) in [6.07, 6.45) is -1.42. The minimum absolute atomic E-state index is 0.0434. The monoisotopic (exact) mass is 886 g/mol. The van der Waals surface area contributed by atoms with Gasteiger partial charge in [-0.05, 0) is 72.8 Å². The van der Waals surface area contributed by atoms with Crippen LogP contribution in [0.2, 0.25) is 0 Å². The number of carbonyl (C=O) groups is 5. The van der Waals surface area contributed by atoms with Gasteiger partial charge in [-0.3, -0.25) is 28.9 Å². The van der Waals surface area contributed by atoms with E-state index in [9.17, 15) is 58.4 Å². The average molecular weight is 887 g/mol. The number of sulfone groups is 2. The van der Waals surface area contributed by atoms with Crippen LogP contribution < -0.4 is 0 Å². The Labute approximate surface area is 340 Å². The van der Waals surface area contributed by atoms with E-state index in [1.54, 1.807) is 0 Å². The summed E-state index contributed by atoms with van der Waals surface area (Å²) in [5.41, 5.74) is 17.0. The van der Waals surface area contributed by atoms with E-state index in [-0.39, 0.29) is 48.9 Å². The normalized spacial score (nSPS) is 17.9. The van der Waals surface area contributed by atoms with Crippen LogP contribution >= 0.6 is 0 Å². The van der Waals surface area contributed by atoms with Gasteiger partial charge < -0.3 is 0 Å². The van der Waals surface area contributed by atoms with Crippen LogP contribution in [0, 0.1) is 46.9 Å². The lowest BCUT2D eigenvalue weighted by Gasteiger charge is -2.23. The van der Waals surface area contributed by atoms with E-state index in [0.29, 0.717) is 49.9 Å². The molecule has 2 fully saturated rings. The molecule has 324 valence electrons. The molecule has 60 heavy (non-hydrogen) atoms.